The zero-order valence-corrected chi connectivity index (χ0v) is 11.5. The van der Waals surface area contributed by atoms with Gasteiger partial charge in [0.1, 0.15) is 0 Å². The molecule has 2 N–H and O–H groups in total. The number of nitrogens with two attached hydrogens (primary N) is 1. The van der Waals surface area contributed by atoms with Crippen molar-refractivity contribution in [1.82, 2.24) is 9.88 Å². The van der Waals surface area contributed by atoms with Crippen LogP contribution in [0.1, 0.15) is 31.7 Å². The van der Waals surface area contributed by atoms with E-state index in [1.165, 1.54) is 36.1 Å². The molecule has 1 aromatic carbocycles. The van der Waals surface area contributed by atoms with E-state index < -0.39 is 0 Å². The van der Waals surface area contributed by atoms with Crippen molar-refractivity contribution in [3.8, 4) is 0 Å². The minimum atomic E-state index is 0.662. The first-order valence-electron chi connectivity index (χ1n) is 6.65. The predicted octanol–water partition coefficient (Wildman–Crippen LogP) is 3.25. The highest BCUT2D eigenvalue weighted by molar-refractivity contribution is 7.22. The fraction of sp³-hybridized carbons (Fsp3) is 0.500. The first kappa shape index (κ1) is 11.9. The molecule has 1 aliphatic carbocycles. The summed E-state index contributed by atoms with van der Waals surface area (Å²) in [5, 5.41) is 0.662. The van der Waals surface area contributed by atoms with Gasteiger partial charge in [0, 0.05) is 12.6 Å². The Morgan fingerprint density at radius 2 is 2.28 bits per heavy atom. The van der Waals surface area contributed by atoms with Crippen LogP contribution >= 0.6 is 11.3 Å². The second kappa shape index (κ2) is 4.86. The maximum atomic E-state index is 5.74. The SMILES string of the molecule is CCCN(Cc1ccc2nc(N)sc2c1)C1CC1. The van der Waals surface area contributed by atoms with Gasteiger partial charge >= 0.3 is 0 Å². The Hall–Kier alpha value is -1.13. The van der Waals surface area contributed by atoms with E-state index in [9.17, 15) is 0 Å². The van der Waals surface area contributed by atoms with Gasteiger partial charge in [-0.25, -0.2) is 4.98 Å². The van der Waals surface area contributed by atoms with Crippen LogP contribution in [0.15, 0.2) is 18.2 Å². The van der Waals surface area contributed by atoms with E-state index in [0.29, 0.717) is 5.13 Å². The molecule has 3 rings (SSSR count). The molecule has 0 radical (unpaired) electrons. The standard InChI is InChI=1S/C14H19N3S/c1-2-7-17(11-4-5-11)9-10-3-6-12-13(8-10)18-14(15)16-12/h3,6,8,11H,2,4-5,7,9H2,1H3,(H2,15,16). The Bertz CT molecular complexity index is 545. The van der Waals surface area contributed by atoms with E-state index in [-0.39, 0.29) is 0 Å². The van der Waals surface area contributed by atoms with Crippen LogP contribution in [0, 0.1) is 0 Å². The maximum absolute atomic E-state index is 5.74. The number of hydrogen-bond acceptors (Lipinski definition) is 4. The Morgan fingerprint density at radius 1 is 1.44 bits per heavy atom. The van der Waals surface area contributed by atoms with Crippen LogP contribution in [0.25, 0.3) is 10.2 Å². The highest BCUT2D eigenvalue weighted by atomic mass is 32.1. The van der Waals surface area contributed by atoms with Crippen LogP contribution in [-0.2, 0) is 6.54 Å². The zero-order chi connectivity index (χ0) is 12.5. The number of nitrogens with zero attached hydrogens (tertiary/aromatic N) is 2. The van der Waals surface area contributed by atoms with Crippen molar-refractivity contribution in [2.75, 3.05) is 12.3 Å². The number of aromatic nitrogens is 1. The largest absolute Gasteiger partial charge is 0.375 e. The number of hydrogen-bond donors (Lipinski definition) is 1. The van der Waals surface area contributed by atoms with Crippen molar-refractivity contribution in [1.29, 1.82) is 0 Å². The minimum Gasteiger partial charge on any atom is -0.375 e. The number of nitrogen functional groups attached to an aromatic ring is 1. The second-order valence-electron chi connectivity index (χ2n) is 5.06. The van der Waals surface area contributed by atoms with E-state index in [4.69, 9.17) is 5.73 Å². The average Bonchev–Trinajstić information content (AvgIpc) is 3.11. The van der Waals surface area contributed by atoms with Crippen LogP contribution in [0.2, 0.25) is 0 Å². The molecular formula is C14H19N3S. The van der Waals surface area contributed by atoms with Crippen molar-refractivity contribution in [2.24, 2.45) is 0 Å². The lowest BCUT2D eigenvalue weighted by molar-refractivity contribution is 0.255. The van der Waals surface area contributed by atoms with Gasteiger partial charge in [0.25, 0.3) is 0 Å². The Labute approximate surface area is 112 Å². The number of benzene rings is 1. The molecular weight excluding hydrogens is 242 g/mol. The third kappa shape index (κ3) is 2.49. The van der Waals surface area contributed by atoms with Crippen molar-refractivity contribution >= 4 is 26.7 Å². The van der Waals surface area contributed by atoms with Crippen LogP contribution < -0.4 is 5.73 Å². The third-order valence-corrected chi connectivity index (χ3v) is 4.28. The van der Waals surface area contributed by atoms with Gasteiger partial charge in [0.15, 0.2) is 5.13 Å². The Morgan fingerprint density at radius 3 is 3.00 bits per heavy atom. The van der Waals surface area contributed by atoms with Crippen LogP contribution in [0.3, 0.4) is 0 Å². The van der Waals surface area contributed by atoms with Gasteiger partial charge in [-0.15, -0.1) is 0 Å². The second-order valence-corrected chi connectivity index (χ2v) is 6.12. The van der Waals surface area contributed by atoms with Gasteiger partial charge in [-0.1, -0.05) is 24.3 Å². The Balaban J connectivity index is 1.80. The normalized spacial score (nSPS) is 15.7. The first-order chi connectivity index (χ1) is 8.76. The van der Waals surface area contributed by atoms with Gasteiger partial charge in [-0.3, -0.25) is 4.90 Å². The molecule has 0 atom stereocenters. The molecule has 0 aliphatic heterocycles. The van der Waals surface area contributed by atoms with Crippen molar-refractivity contribution in [2.45, 2.75) is 38.8 Å². The topological polar surface area (TPSA) is 42.2 Å². The lowest BCUT2D eigenvalue weighted by Crippen LogP contribution is -2.26. The quantitative estimate of drug-likeness (QED) is 0.898. The molecule has 0 spiro atoms. The number of anilines is 1. The highest BCUT2D eigenvalue weighted by Gasteiger charge is 2.28. The monoisotopic (exact) mass is 261 g/mol. The average molecular weight is 261 g/mol. The zero-order valence-electron chi connectivity index (χ0n) is 10.7. The fourth-order valence-corrected chi connectivity index (χ4v) is 3.24. The van der Waals surface area contributed by atoms with E-state index >= 15 is 0 Å². The van der Waals surface area contributed by atoms with E-state index in [1.807, 2.05) is 0 Å². The molecule has 1 aliphatic rings. The van der Waals surface area contributed by atoms with Crippen LogP contribution in [-0.4, -0.2) is 22.5 Å². The summed E-state index contributed by atoms with van der Waals surface area (Å²) in [5.41, 5.74) is 8.15. The molecule has 0 amide bonds. The van der Waals surface area contributed by atoms with Crippen molar-refractivity contribution < 1.29 is 0 Å². The third-order valence-electron chi connectivity index (χ3n) is 3.43. The summed E-state index contributed by atoms with van der Waals surface area (Å²) in [5.74, 6) is 0. The van der Waals surface area contributed by atoms with Crippen LogP contribution in [0.5, 0.6) is 0 Å². The number of fused-ring (bicyclic) bond motifs is 1. The molecule has 1 fully saturated rings. The first-order valence-corrected chi connectivity index (χ1v) is 7.47. The number of thiazole rings is 1. The van der Waals surface area contributed by atoms with E-state index in [0.717, 1.165) is 18.1 Å². The van der Waals surface area contributed by atoms with Gasteiger partial charge in [0.2, 0.25) is 0 Å². The van der Waals surface area contributed by atoms with Crippen molar-refractivity contribution in [3.05, 3.63) is 23.8 Å². The molecule has 0 saturated heterocycles. The lowest BCUT2D eigenvalue weighted by Gasteiger charge is -2.21. The van der Waals surface area contributed by atoms with Crippen molar-refractivity contribution in [3.63, 3.8) is 0 Å². The molecule has 1 saturated carbocycles. The molecule has 4 heteroatoms. The summed E-state index contributed by atoms with van der Waals surface area (Å²) < 4.78 is 1.21. The molecule has 18 heavy (non-hydrogen) atoms. The summed E-state index contributed by atoms with van der Waals surface area (Å²) in [6, 6.07) is 7.35. The molecule has 96 valence electrons. The predicted molar refractivity (Wildman–Crippen MR) is 77.8 cm³/mol. The fourth-order valence-electron chi connectivity index (χ4n) is 2.44. The molecule has 3 nitrogen and oxygen atoms in total. The molecule has 1 heterocycles. The molecule has 0 bridgehead atoms. The molecule has 1 aromatic heterocycles. The number of rotatable bonds is 5. The smallest absolute Gasteiger partial charge is 0.181 e. The van der Waals surface area contributed by atoms with Gasteiger partial charge in [0.05, 0.1) is 10.2 Å². The van der Waals surface area contributed by atoms with Gasteiger partial charge < -0.3 is 5.73 Å². The summed E-state index contributed by atoms with van der Waals surface area (Å²) >= 11 is 1.58. The maximum Gasteiger partial charge on any atom is 0.181 e. The lowest BCUT2D eigenvalue weighted by atomic mass is 10.2. The van der Waals surface area contributed by atoms with E-state index in [2.05, 4.69) is 35.0 Å². The summed E-state index contributed by atoms with van der Waals surface area (Å²) in [4.78, 5) is 6.90. The molecule has 0 unspecified atom stereocenters. The van der Waals surface area contributed by atoms with Gasteiger partial charge in [-0.2, -0.15) is 0 Å². The highest BCUT2D eigenvalue weighted by Crippen LogP contribution is 2.30. The van der Waals surface area contributed by atoms with Gasteiger partial charge in [-0.05, 0) is 43.5 Å². The van der Waals surface area contributed by atoms with Crippen LogP contribution in [0.4, 0.5) is 5.13 Å². The molecule has 2 aromatic rings. The summed E-state index contributed by atoms with van der Waals surface area (Å²) in [6.45, 7) is 4.52. The van der Waals surface area contributed by atoms with E-state index in [1.54, 1.807) is 11.3 Å². The Kier molecular flexibility index (Phi) is 3.22. The minimum absolute atomic E-state index is 0.662. The summed E-state index contributed by atoms with van der Waals surface area (Å²) in [7, 11) is 0. The summed E-state index contributed by atoms with van der Waals surface area (Å²) in [6.07, 6.45) is 3.97.